The zero-order chi connectivity index (χ0) is 18.4. The second kappa shape index (κ2) is 8.35. The number of ether oxygens (including phenoxy) is 1. The third kappa shape index (κ3) is 4.31. The molecule has 0 bridgehead atoms. The number of para-hydroxylation sites is 2. The number of nitrogens with zero attached hydrogens (tertiary/aromatic N) is 2. The molecule has 6 nitrogen and oxygen atoms in total. The third-order valence-corrected chi connectivity index (χ3v) is 4.13. The fourth-order valence-corrected chi connectivity index (χ4v) is 2.66. The Kier molecular flexibility index (Phi) is 5.70. The van der Waals surface area contributed by atoms with E-state index in [0.29, 0.717) is 11.4 Å². The van der Waals surface area contributed by atoms with Gasteiger partial charge < -0.3 is 14.6 Å². The predicted octanol–water partition coefficient (Wildman–Crippen LogP) is 4.40. The van der Waals surface area contributed by atoms with Gasteiger partial charge in [0.2, 0.25) is 0 Å². The lowest BCUT2D eigenvalue weighted by Gasteiger charge is -2.09. The molecule has 0 unspecified atom stereocenters. The minimum absolute atomic E-state index is 0.451. The zero-order valence-electron chi connectivity index (χ0n) is 14.0. The second-order valence-electron chi connectivity index (χ2n) is 5.30. The quantitative estimate of drug-likeness (QED) is 0.481. The van der Waals surface area contributed by atoms with Crippen LogP contribution in [0.25, 0.3) is 5.69 Å². The molecule has 2 amide bonds. The van der Waals surface area contributed by atoms with Crippen LogP contribution in [0, 0.1) is 0 Å². The summed E-state index contributed by atoms with van der Waals surface area (Å²) in [5.41, 5.74) is 4.86. The Labute approximate surface area is 159 Å². The van der Waals surface area contributed by atoms with Crippen molar-refractivity contribution in [1.82, 2.24) is 9.99 Å². The Balaban J connectivity index is 1.65. The molecule has 132 valence electrons. The van der Waals surface area contributed by atoms with Gasteiger partial charge in [0.25, 0.3) is 0 Å². The molecular formula is C19H17BrN4O2. The first-order valence-corrected chi connectivity index (χ1v) is 8.63. The van der Waals surface area contributed by atoms with Gasteiger partial charge in [-0.2, -0.15) is 5.10 Å². The summed E-state index contributed by atoms with van der Waals surface area (Å²) in [5, 5.41) is 6.70. The number of nitrogens with one attached hydrogen (secondary N) is 2. The summed E-state index contributed by atoms with van der Waals surface area (Å²) < 4.78 is 8.18. The number of carbonyl (C=O) groups is 1. The topological polar surface area (TPSA) is 67.7 Å². The van der Waals surface area contributed by atoms with Crippen molar-refractivity contribution in [2.45, 2.75) is 0 Å². The molecule has 0 atom stereocenters. The lowest BCUT2D eigenvalue weighted by Crippen LogP contribution is -2.24. The van der Waals surface area contributed by atoms with Crippen molar-refractivity contribution in [1.29, 1.82) is 0 Å². The van der Waals surface area contributed by atoms with Gasteiger partial charge in [0.05, 0.1) is 24.7 Å². The Morgan fingerprint density at radius 2 is 1.88 bits per heavy atom. The highest BCUT2D eigenvalue weighted by atomic mass is 79.9. The number of benzene rings is 2. The van der Waals surface area contributed by atoms with E-state index in [1.54, 1.807) is 25.5 Å². The summed E-state index contributed by atoms with van der Waals surface area (Å²) in [6.45, 7) is 0. The van der Waals surface area contributed by atoms with Gasteiger partial charge in [-0.05, 0) is 48.5 Å². The normalized spacial score (nSPS) is 10.7. The van der Waals surface area contributed by atoms with Crippen molar-refractivity contribution < 1.29 is 9.53 Å². The molecule has 2 aromatic carbocycles. The maximum Gasteiger partial charge on any atom is 0.339 e. The van der Waals surface area contributed by atoms with Gasteiger partial charge in [-0.25, -0.2) is 10.2 Å². The SMILES string of the molecule is COc1ccccc1NC(=O)N/N=C/c1cccn1-c1ccc(Br)cc1. The minimum Gasteiger partial charge on any atom is -0.495 e. The van der Waals surface area contributed by atoms with E-state index >= 15 is 0 Å². The molecule has 7 heteroatoms. The van der Waals surface area contributed by atoms with Crippen LogP contribution < -0.4 is 15.5 Å². The minimum atomic E-state index is -0.451. The molecule has 0 fully saturated rings. The Morgan fingerprint density at radius 1 is 1.12 bits per heavy atom. The lowest BCUT2D eigenvalue weighted by molar-refractivity contribution is 0.252. The van der Waals surface area contributed by atoms with Gasteiger partial charge in [-0.3, -0.25) is 0 Å². The van der Waals surface area contributed by atoms with Crippen LogP contribution in [0.15, 0.2) is 76.4 Å². The maximum absolute atomic E-state index is 12.0. The molecule has 26 heavy (non-hydrogen) atoms. The standard InChI is InChI=1S/C19H17BrN4O2/c1-26-18-7-3-2-6-17(18)22-19(25)23-21-13-16-5-4-12-24(16)15-10-8-14(20)9-11-15/h2-13H,1H3,(H2,22,23,25)/b21-13+. The number of hydrazone groups is 1. The van der Waals surface area contributed by atoms with Gasteiger partial charge in [-0.1, -0.05) is 28.1 Å². The van der Waals surface area contributed by atoms with Gasteiger partial charge in [0, 0.05) is 16.4 Å². The monoisotopic (exact) mass is 412 g/mol. The number of halogens is 1. The van der Waals surface area contributed by atoms with Crippen molar-refractivity contribution in [3.8, 4) is 11.4 Å². The average Bonchev–Trinajstić information content (AvgIpc) is 3.11. The van der Waals surface area contributed by atoms with Gasteiger partial charge in [-0.15, -0.1) is 0 Å². The predicted molar refractivity (Wildman–Crippen MR) is 106 cm³/mol. The van der Waals surface area contributed by atoms with Crippen LogP contribution in [-0.2, 0) is 0 Å². The highest BCUT2D eigenvalue weighted by Crippen LogP contribution is 2.22. The van der Waals surface area contributed by atoms with Crippen LogP contribution in [0.1, 0.15) is 5.69 Å². The van der Waals surface area contributed by atoms with Crippen LogP contribution in [0.2, 0.25) is 0 Å². The third-order valence-electron chi connectivity index (χ3n) is 3.60. The summed E-state index contributed by atoms with van der Waals surface area (Å²) in [6.07, 6.45) is 3.52. The largest absolute Gasteiger partial charge is 0.495 e. The van der Waals surface area contributed by atoms with Crippen LogP contribution in [0.3, 0.4) is 0 Å². The fraction of sp³-hybridized carbons (Fsp3) is 0.0526. The average molecular weight is 413 g/mol. The number of carbonyl (C=O) groups excluding carboxylic acids is 1. The number of rotatable bonds is 5. The molecule has 0 saturated carbocycles. The molecule has 0 spiro atoms. The maximum atomic E-state index is 12.0. The summed E-state index contributed by atoms with van der Waals surface area (Å²) in [5.74, 6) is 0.579. The first kappa shape index (κ1) is 17.8. The first-order chi connectivity index (χ1) is 12.7. The van der Waals surface area contributed by atoms with E-state index in [4.69, 9.17) is 4.74 Å². The van der Waals surface area contributed by atoms with E-state index in [9.17, 15) is 4.79 Å². The summed E-state index contributed by atoms with van der Waals surface area (Å²) in [7, 11) is 1.55. The van der Waals surface area contributed by atoms with Crippen molar-refractivity contribution in [3.63, 3.8) is 0 Å². The lowest BCUT2D eigenvalue weighted by atomic mass is 10.3. The van der Waals surface area contributed by atoms with Gasteiger partial charge in [0.15, 0.2) is 0 Å². The summed E-state index contributed by atoms with van der Waals surface area (Å²) in [6, 6.07) is 18.4. The van der Waals surface area contributed by atoms with E-state index in [-0.39, 0.29) is 0 Å². The Hall–Kier alpha value is -3.06. The molecule has 3 rings (SSSR count). The Morgan fingerprint density at radius 3 is 2.65 bits per heavy atom. The van der Waals surface area contributed by atoms with E-state index in [1.165, 1.54) is 0 Å². The highest BCUT2D eigenvalue weighted by molar-refractivity contribution is 9.10. The highest BCUT2D eigenvalue weighted by Gasteiger charge is 2.06. The van der Waals surface area contributed by atoms with E-state index in [0.717, 1.165) is 15.9 Å². The molecule has 0 radical (unpaired) electrons. The van der Waals surface area contributed by atoms with Crippen LogP contribution >= 0.6 is 15.9 Å². The molecule has 2 N–H and O–H groups in total. The van der Waals surface area contributed by atoms with Crippen molar-refractivity contribution in [3.05, 3.63) is 77.0 Å². The molecule has 1 aromatic heterocycles. The summed E-state index contributed by atoms with van der Waals surface area (Å²) >= 11 is 3.42. The van der Waals surface area contributed by atoms with E-state index < -0.39 is 6.03 Å². The van der Waals surface area contributed by atoms with Crippen LogP contribution in [0.4, 0.5) is 10.5 Å². The van der Waals surface area contributed by atoms with Crippen LogP contribution in [0.5, 0.6) is 5.75 Å². The number of methoxy groups -OCH3 is 1. The number of anilines is 1. The van der Waals surface area contributed by atoms with Crippen molar-refractivity contribution >= 4 is 33.9 Å². The number of hydrogen-bond donors (Lipinski definition) is 2. The molecule has 0 aliphatic heterocycles. The molecule has 0 saturated heterocycles. The number of amides is 2. The molecule has 0 aliphatic rings. The fourth-order valence-electron chi connectivity index (χ4n) is 2.39. The van der Waals surface area contributed by atoms with Crippen molar-refractivity contribution in [2.75, 3.05) is 12.4 Å². The second-order valence-corrected chi connectivity index (χ2v) is 6.22. The molecule has 3 aromatic rings. The summed E-state index contributed by atoms with van der Waals surface area (Å²) in [4.78, 5) is 12.0. The number of urea groups is 1. The zero-order valence-corrected chi connectivity index (χ0v) is 15.6. The van der Waals surface area contributed by atoms with Gasteiger partial charge in [0.1, 0.15) is 5.75 Å². The van der Waals surface area contributed by atoms with Crippen molar-refractivity contribution in [2.24, 2.45) is 5.10 Å². The molecular weight excluding hydrogens is 396 g/mol. The van der Waals surface area contributed by atoms with Gasteiger partial charge >= 0.3 is 6.03 Å². The van der Waals surface area contributed by atoms with E-state index in [1.807, 2.05) is 59.3 Å². The Bertz CT molecular complexity index is 919. The van der Waals surface area contributed by atoms with E-state index in [2.05, 4.69) is 31.8 Å². The number of aromatic nitrogens is 1. The molecule has 1 heterocycles. The number of hydrogen-bond acceptors (Lipinski definition) is 3. The molecule has 0 aliphatic carbocycles. The smallest absolute Gasteiger partial charge is 0.339 e. The first-order valence-electron chi connectivity index (χ1n) is 7.84. The van der Waals surface area contributed by atoms with Crippen LogP contribution in [-0.4, -0.2) is 23.9 Å².